The maximum absolute atomic E-state index is 13.3. The number of hydrogen-bond acceptors (Lipinski definition) is 2. The molecule has 0 N–H and O–H groups in total. The Bertz CT molecular complexity index is 555. The minimum atomic E-state index is -4.04. The first-order chi connectivity index (χ1) is 8.32. The van der Waals surface area contributed by atoms with E-state index in [4.69, 9.17) is 0 Å². The van der Waals surface area contributed by atoms with Crippen LogP contribution in [0.4, 0.5) is 13.2 Å². The fourth-order valence-corrected chi connectivity index (χ4v) is 3.47. The van der Waals surface area contributed by atoms with E-state index in [0.29, 0.717) is 12.1 Å². The van der Waals surface area contributed by atoms with Crippen LogP contribution in [0.3, 0.4) is 0 Å². The Balaban J connectivity index is 2.42. The highest BCUT2D eigenvalue weighted by atomic mass is 79.9. The van der Waals surface area contributed by atoms with Crippen LogP contribution < -0.4 is 0 Å². The van der Waals surface area contributed by atoms with Crippen LogP contribution in [0.1, 0.15) is 6.42 Å². The molecule has 1 heterocycles. The van der Waals surface area contributed by atoms with Crippen molar-refractivity contribution in [3.8, 4) is 0 Å². The van der Waals surface area contributed by atoms with Crippen molar-refractivity contribution in [2.45, 2.75) is 17.5 Å². The lowest BCUT2D eigenvalue weighted by Gasteiger charge is -2.15. The summed E-state index contributed by atoms with van der Waals surface area (Å²) in [6.45, 7) is -0.259. The predicted octanol–water partition coefficient (Wildman–Crippen LogP) is 2.46. The summed E-state index contributed by atoms with van der Waals surface area (Å²) >= 11 is 2.65. The van der Waals surface area contributed by atoms with Crippen molar-refractivity contribution >= 4 is 26.0 Å². The number of halogens is 4. The standard InChI is InChI=1S/C10H9BrF3NO2S/c11-10-8(13)3-7(4-9(10)14)18(16,17)15-2-1-6(12)5-15/h3-4,6H,1-2,5H2/t6-/m0/s1. The third kappa shape index (κ3) is 2.41. The molecule has 0 aliphatic carbocycles. The van der Waals surface area contributed by atoms with E-state index in [0.717, 1.165) is 4.31 Å². The molecule has 1 fully saturated rings. The molecule has 100 valence electrons. The second-order valence-electron chi connectivity index (χ2n) is 3.95. The summed E-state index contributed by atoms with van der Waals surface area (Å²) in [6, 6.07) is 1.43. The largest absolute Gasteiger partial charge is 0.246 e. The van der Waals surface area contributed by atoms with E-state index >= 15 is 0 Å². The summed E-state index contributed by atoms with van der Waals surface area (Å²) in [5.41, 5.74) is 0. The fraction of sp³-hybridized carbons (Fsp3) is 0.400. The Morgan fingerprint density at radius 1 is 1.28 bits per heavy atom. The topological polar surface area (TPSA) is 37.4 Å². The van der Waals surface area contributed by atoms with Crippen LogP contribution in [0.25, 0.3) is 0 Å². The number of rotatable bonds is 2. The average Bonchev–Trinajstić information content (AvgIpc) is 2.72. The molecule has 0 saturated carbocycles. The normalized spacial score (nSPS) is 21.4. The molecule has 1 atom stereocenters. The van der Waals surface area contributed by atoms with E-state index in [-0.39, 0.29) is 19.5 Å². The van der Waals surface area contributed by atoms with Gasteiger partial charge in [-0.1, -0.05) is 0 Å². The minimum absolute atomic E-state index is 0.0167. The highest BCUT2D eigenvalue weighted by Gasteiger charge is 2.33. The molecule has 1 aliphatic heterocycles. The van der Waals surface area contributed by atoms with E-state index in [9.17, 15) is 21.6 Å². The first-order valence-corrected chi connectivity index (χ1v) is 7.34. The second kappa shape index (κ2) is 4.82. The van der Waals surface area contributed by atoms with Crippen molar-refractivity contribution in [2.24, 2.45) is 0 Å². The number of benzene rings is 1. The molecule has 1 aromatic rings. The molecular formula is C10H9BrF3NO2S. The Morgan fingerprint density at radius 2 is 1.83 bits per heavy atom. The molecule has 8 heteroatoms. The zero-order valence-electron chi connectivity index (χ0n) is 9.04. The SMILES string of the molecule is O=S(=O)(c1cc(F)c(Br)c(F)c1)N1CC[C@H](F)C1. The first-order valence-electron chi connectivity index (χ1n) is 5.11. The summed E-state index contributed by atoms with van der Waals surface area (Å²) in [5.74, 6) is -2.02. The third-order valence-electron chi connectivity index (χ3n) is 2.69. The van der Waals surface area contributed by atoms with Crippen molar-refractivity contribution in [1.29, 1.82) is 0 Å². The third-order valence-corrected chi connectivity index (χ3v) is 5.29. The first kappa shape index (κ1) is 13.8. The molecule has 0 spiro atoms. The van der Waals surface area contributed by atoms with Gasteiger partial charge in [0.15, 0.2) is 0 Å². The Labute approximate surface area is 111 Å². The van der Waals surface area contributed by atoms with E-state index in [1.807, 2.05) is 0 Å². The smallest absolute Gasteiger partial charge is 0.243 e. The second-order valence-corrected chi connectivity index (χ2v) is 6.68. The maximum Gasteiger partial charge on any atom is 0.243 e. The van der Waals surface area contributed by atoms with Crippen LogP contribution in [-0.2, 0) is 10.0 Å². The minimum Gasteiger partial charge on any atom is -0.246 e. The van der Waals surface area contributed by atoms with Gasteiger partial charge in [-0.2, -0.15) is 4.31 Å². The van der Waals surface area contributed by atoms with Gasteiger partial charge in [-0.15, -0.1) is 0 Å². The van der Waals surface area contributed by atoms with Gasteiger partial charge in [0.05, 0.1) is 9.37 Å². The van der Waals surface area contributed by atoms with E-state index in [1.54, 1.807) is 0 Å². The highest BCUT2D eigenvalue weighted by Crippen LogP contribution is 2.27. The summed E-state index contributed by atoms with van der Waals surface area (Å²) in [4.78, 5) is -0.505. The molecule has 3 nitrogen and oxygen atoms in total. The van der Waals surface area contributed by atoms with Gasteiger partial charge in [-0.3, -0.25) is 0 Å². The van der Waals surface area contributed by atoms with Gasteiger partial charge >= 0.3 is 0 Å². The monoisotopic (exact) mass is 343 g/mol. The molecule has 0 aromatic heterocycles. The number of nitrogens with zero attached hydrogens (tertiary/aromatic N) is 1. The zero-order valence-corrected chi connectivity index (χ0v) is 11.4. The molecule has 1 aromatic carbocycles. The van der Waals surface area contributed by atoms with Gasteiger partial charge < -0.3 is 0 Å². The zero-order chi connectivity index (χ0) is 13.5. The number of hydrogen-bond donors (Lipinski definition) is 0. The van der Waals surface area contributed by atoms with Crippen LogP contribution in [0, 0.1) is 11.6 Å². The van der Waals surface area contributed by atoms with E-state index in [2.05, 4.69) is 15.9 Å². The molecule has 0 bridgehead atoms. The Morgan fingerprint density at radius 3 is 2.28 bits per heavy atom. The summed E-state index contributed by atoms with van der Waals surface area (Å²) in [7, 11) is -4.04. The lowest BCUT2D eigenvalue weighted by Crippen LogP contribution is -2.29. The van der Waals surface area contributed by atoms with Crippen LogP contribution >= 0.6 is 15.9 Å². The molecule has 1 saturated heterocycles. The Hall–Kier alpha value is -0.600. The Kier molecular flexibility index (Phi) is 3.70. The van der Waals surface area contributed by atoms with Crippen molar-refractivity contribution in [3.63, 3.8) is 0 Å². The van der Waals surface area contributed by atoms with Gasteiger partial charge in [-0.25, -0.2) is 21.6 Å². The molecule has 0 unspecified atom stereocenters. The van der Waals surface area contributed by atoms with Crippen molar-refractivity contribution < 1.29 is 21.6 Å². The molecule has 18 heavy (non-hydrogen) atoms. The molecule has 0 amide bonds. The molecular weight excluding hydrogens is 335 g/mol. The summed E-state index contributed by atoms with van der Waals surface area (Å²) < 4.78 is 64.0. The summed E-state index contributed by atoms with van der Waals surface area (Å²) in [6.07, 6.45) is -1.13. The molecule has 2 rings (SSSR count). The molecule has 1 aliphatic rings. The van der Waals surface area contributed by atoms with Gasteiger partial charge in [-0.05, 0) is 34.5 Å². The van der Waals surface area contributed by atoms with Gasteiger partial charge in [0.2, 0.25) is 10.0 Å². The van der Waals surface area contributed by atoms with Gasteiger partial charge in [0.1, 0.15) is 17.8 Å². The predicted molar refractivity (Wildman–Crippen MR) is 62.3 cm³/mol. The van der Waals surface area contributed by atoms with E-state index in [1.165, 1.54) is 0 Å². The van der Waals surface area contributed by atoms with Crippen molar-refractivity contribution in [1.82, 2.24) is 4.31 Å². The van der Waals surface area contributed by atoms with Crippen LogP contribution in [0.2, 0.25) is 0 Å². The van der Waals surface area contributed by atoms with Crippen molar-refractivity contribution in [3.05, 3.63) is 28.2 Å². The maximum atomic E-state index is 13.3. The lowest BCUT2D eigenvalue weighted by atomic mass is 10.3. The highest BCUT2D eigenvalue weighted by molar-refractivity contribution is 9.10. The van der Waals surface area contributed by atoms with Crippen LogP contribution in [0.5, 0.6) is 0 Å². The number of alkyl halides is 1. The van der Waals surface area contributed by atoms with Gasteiger partial charge in [0, 0.05) is 13.1 Å². The quantitative estimate of drug-likeness (QED) is 0.773. The molecule has 0 radical (unpaired) electrons. The summed E-state index contributed by atoms with van der Waals surface area (Å²) in [5, 5.41) is 0. The van der Waals surface area contributed by atoms with Gasteiger partial charge in [0.25, 0.3) is 0 Å². The van der Waals surface area contributed by atoms with Crippen molar-refractivity contribution in [2.75, 3.05) is 13.1 Å². The average molecular weight is 344 g/mol. The van der Waals surface area contributed by atoms with Crippen LogP contribution in [-0.4, -0.2) is 32.0 Å². The fourth-order valence-electron chi connectivity index (χ4n) is 1.74. The lowest BCUT2D eigenvalue weighted by molar-refractivity contribution is 0.343. The van der Waals surface area contributed by atoms with Crippen LogP contribution in [0.15, 0.2) is 21.5 Å². The number of sulfonamides is 1. The van der Waals surface area contributed by atoms with E-state index < -0.39 is 37.2 Å².